The molecule has 1 amide bonds. The van der Waals surface area contributed by atoms with Crippen molar-refractivity contribution in [3.63, 3.8) is 0 Å². The highest BCUT2D eigenvalue weighted by Gasteiger charge is 2.17. The number of amides is 1. The van der Waals surface area contributed by atoms with Crippen LogP contribution in [0.2, 0.25) is 5.02 Å². The SMILES string of the molecule is Cc1c(C(=O)NCC(O)CC(C)C)cnn1-c1ccccc1Cl. The van der Waals surface area contributed by atoms with Crippen molar-refractivity contribution in [1.82, 2.24) is 15.1 Å². The van der Waals surface area contributed by atoms with E-state index in [1.807, 2.05) is 39.0 Å². The minimum absolute atomic E-state index is 0.230. The number of aliphatic hydroxyl groups excluding tert-OH is 1. The second-order valence-electron chi connectivity index (χ2n) is 6.00. The molecule has 0 aliphatic rings. The molecular weight excluding hydrogens is 314 g/mol. The minimum atomic E-state index is -0.544. The molecule has 2 aromatic rings. The number of rotatable bonds is 6. The van der Waals surface area contributed by atoms with Gasteiger partial charge in [-0.15, -0.1) is 0 Å². The lowest BCUT2D eigenvalue weighted by Crippen LogP contribution is -2.33. The van der Waals surface area contributed by atoms with E-state index >= 15 is 0 Å². The van der Waals surface area contributed by atoms with Gasteiger partial charge in [0.15, 0.2) is 0 Å². The number of halogens is 1. The summed E-state index contributed by atoms with van der Waals surface area (Å²) in [6.45, 7) is 6.11. The normalized spacial score (nSPS) is 12.4. The van der Waals surface area contributed by atoms with Gasteiger partial charge in [0.2, 0.25) is 0 Å². The average Bonchev–Trinajstić information content (AvgIpc) is 2.86. The van der Waals surface area contributed by atoms with E-state index < -0.39 is 6.10 Å². The van der Waals surface area contributed by atoms with E-state index in [1.54, 1.807) is 10.7 Å². The number of hydrogen-bond donors (Lipinski definition) is 2. The lowest BCUT2D eigenvalue weighted by molar-refractivity contribution is 0.0899. The Hall–Kier alpha value is -1.85. The van der Waals surface area contributed by atoms with Crippen molar-refractivity contribution in [2.24, 2.45) is 5.92 Å². The highest BCUT2D eigenvalue weighted by molar-refractivity contribution is 6.32. The number of aliphatic hydroxyl groups is 1. The predicted octanol–water partition coefficient (Wildman–Crippen LogP) is 2.97. The molecule has 0 saturated heterocycles. The average molecular weight is 336 g/mol. The first-order valence-electron chi connectivity index (χ1n) is 7.66. The maximum Gasteiger partial charge on any atom is 0.254 e. The Labute approximate surface area is 141 Å². The summed E-state index contributed by atoms with van der Waals surface area (Å²) < 4.78 is 1.64. The minimum Gasteiger partial charge on any atom is -0.391 e. The predicted molar refractivity (Wildman–Crippen MR) is 91.1 cm³/mol. The van der Waals surface area contributed by atoms with Gasteiger partial charge in [-0.25, -0.2) is 4.68 Å². The smallest absolute Gasteiger partial charge is 0.254 e. The fraction of sp³-hybridized carbons (Fsp3) is 0.412. The van der Waals surface area contributed by atoms with Gasteiger partial charge in [-0.3, -0.25) is 4.79 Å². The van der Waals surface area contributed by atoms with Crippen molar-refractivity contribution in [3.8, 4) is 5.69 Å². The van der Waals surface area contributed by atoms with Crippen LogP contribution in [-0.2, 0) is 0 Å². The summed E-state index contributed by atoms with van der Waals surface area (Å²) in [5.74, 6) is 0.134. The second-order valence-corrected chi connectivity index (χ2v) is 6.41. The molecule has 1 unspecified atom stereocenters. The molecule has 2 N–H and O–H groups in total. The molecule has 0 aliphatic carbocycles. The summed E-state index contributed by atoms with van der Waals surface area (Å²) in [6.07, 6.45) is 1.62. The van der Waals surface area contributed by atoms with Gasteiger partial charge in [0.25, 0.3) is 5.91 Å². The first kappa shape index (κ1) is 17.5. The molecule has 0 aliphatic heterocycles. The molecule has 0 fully saturated rings. The van der Waals surface area contributed by atoms with Crippen molar-refractivity contribution >= 4 is 17.5 Å². The fourth-order valence-electron chi connectivity index (χ4n) is 2.43. The van der Waals surface area contributed by atoms with Gasteiger partial charge < -0.3 is 10.4 Å². The Morgan fingerprint density at radius 1 is 1.39 bits per heavy atom. The van der Waals surface area contributed by atoms with Crippen LogP contribution in [0.1, 0.15) is 36.3 Å². The molecule has 1 atom stereocenters. The Kier molecular flexibility index (Phi) is 5.80. The summed E-state index contributed by atoms with van der Waals surface area (Å²) in [6, 6.07) is 7.33. The summed E-state index contributed by atoms with van der Waals surface area (Å²) in [5, 5.41) is 17.4. The Morgan fingerprint density at radius 2 is 2.09 bits per heavy atom. The number of aromatic nitrogens is 2. The summed E-state index contributed by atoms with van der Waals surface area (Å²) in [7, 11) is 0. The van der Waals surface area contributed by atoms with Crippen molar-refractivity contribution < 1.29 is 9.90 Å². The van der Waals surface area contributed by atoms with Crippen LogP contribution < -0.4 is 5.32 Å². The largest absolute Gasteiger partial charge is 0.391 e. The number of para-hydroxylation sites is 1. The Morgan fingerprint density at radius 3 is 2.74 bits per heavy atom. The number of carbonyl (C=O) groups excluding carboxylic acids is 1. The molecule has 2 rings (SSSR count). The monoisotopic (exact) mass is 335 g/mol. The molecule has 23 heavy (non-hydrogen) atoms. The van der Waals surface area contributed by atoms with Gasteiger partial charge in [0, 0.05) is 6.54 Å². The third-order valence-electron chi connectivity index (χ3n) is 3.58. The Balaban J connectivity index is 2.10. The van der Waals surface area contributed by atoms with Crippen molar-refractivity contribution in [2.45, 2.75) is 33.3 Å². The number of hydrogen-bond acceptors (Lipinski definition) is 3. The zero-order valence-corrected chi connectivity index (χ0v) is 14.3. The molecule has 0 saturated carbocycles. The fourth-order valence-corrected chi connectivity index (χ4v) is 2.65. The maximum absolute atomic E-state index is 12.3. The molecule has 1 heterocycles. The molecule has 0 bridgehead atoms. The standard InChI is InChI=1S/C17H22ClN3O2/c1-11(2)8-13(22)9-19-17(23)14-10-20-21(12(14)3)16-7-5-4-6-15(16)18/h4-7,10-11,13,22H,8-9H2,1-3H3,(H,19,23). The van der Waals surface area contributed by atoms with Crippen LogP contribution in [0.15, 0.2) is 30.5 Å². The molecule has 5 nitrogen and oxygen atoms in total. The summed E-state index contributed by atoms with van der Waals surface area (Å²) >= 11 is 6.18. The van der Waals surface area contributed by atoms with E-state index in [0.717, 1.165) is 5.69 Å². The van der Waals surface area contributed by atoms with Crippen molar-refractivity contribution in [1.29, 1.82) is 0 Å². The second kappa shape index (κ2) is 7.62. The van der Waals surface area contributed by atoms with E-state index in [0.29, 0.717) is 28.6 Å². The molecule has 6 heteroatoms. The molecule has 124 valence electrons. The molecule has 0 radical (unpaired) electrons. The first-order chi connectivity index (χ1) is 10.9. The third kappa shape index (κ3) is 4.33. The van der Waals surface area contributed by atoms with Gasteiger partial charge in [0.1, 0.15) is 0 Å². The molecule has 0 spiro atoms. The first-order valence-corrected chi connectivity index (χ1v) is 8.03. The summed E-state index contributed by atoms with van der Waals surface area (Å²) in [4.78, 5) is 12.3. The lowest BCUT2D eigenvalue weighted by atomic mass is 10.1. The molecule has 1 aromatic heterocycles. The van der Waals surface area contributed by atoms with E-state index in [2.05, 4.69) is 10.4 Å². The highest BCUT2D eigenvalue weighted by atomic mass is 35.5. The van der Waals surface area contributed by atoms with E-state index in [4.69, 9.17) is 11.6 Å². The van der Waals surface area contributed by atoms with Gasteiger partial charge in [-0.05, 0) is 31.4 Å². The van der Waals surface area contributed by atoms with Crippen LogP contribution in [0, 0.1) is 12.8 Å². The van der Waals surface area contributed by atoms with Crippen LogP contribution >= 0.6 is 11.6 Å². The number of nitrogens with one attached hydrogen (secondary N) is 1. The van der Waals surface area contributed by atoms with E-state index in [-0.39, 0.29) is 12.5 Å². The number of carbonyl (C=O) groups is 1. The van der Waals surface area contributed by atoms with Gasteiger partial charge in [0.05, 0.1) is 34.3 Å². The molecular formula is C17H22ClN3O2. The van der Waals surface area contributed by atoms with Crippen LogP contribution in [0.4, 0.5) is 0 Å². The Bertz CT molecular complexity index is 682. The van der Waals surface area contributed by atoms with Crippen LogP contribution in [-0.4, -0.2) is 33.4 Å². The van der Waals surface area contributed by atoms with E-state index in [1.165, 1.54) is 6.20 Å². The number of benzene rings is 1. The molecule has 1 aromatic carbocycles. The topological polar surface area (TPSA) is 67.2 Å². The van der Waals surface area contributed by atoms with Gasteiger partial charge in [-0.2, -0.15) is 5.10 Å². The maximum atomic E-state index is 12.3. The quantitative estimate of drug-likeness (QED) is 0.852. The van der Waals surface area contributed by atoms with Gasteiger partial charge in [-0.1, -0.05) is 37.6 Å². The number of nitrogens with zero attached hydrogens (tertiary/aromatic N) is 2. The summed E-state index contributed by atoms with van der Waals surface area (Å²) in [5.41, 5.74) is 1.90. The van der Waals surface area contributed by atoms with Crippen molar-refractivity contribution in [2.75, 3.05) is 6.54 Å². The third-order valence-corrected chi connectivity index (χ3v) is 3.90. The van der Waals surface area contributed by atoms with Crippen LogP contribution in [0.3, 0.4) is 0 Å². The zero-order chi connectivity index (χ0) is 17.0. The highest BCUT2D eigenvalue weighted by Crippen LogP contribution is 2.22. The van der Waals surface area contributed by atoms with E-state index in [9.17, 15) is 9.90 Å². The van der Waals surface area contributed by atoms with Crippen LogP contribution in [0.5, 0.6) is 0 Å². The lowest BCUT2D eigenvalue weighted by Gasteiger charge is -2.13. The van der Waals surface area contributed by atoms with Crippen molar-refractivity contribution in [3.05, 3.63) is 46.7 Å². The van der Waals surface area contributed by atoms with Crippen LogP contribution in [0.25, 0.3) is 5.69 Å². The van der Waals surface area contributed by atoms with Gasteiger partial charge >= 0.3 is 0 Å². The zero-order valence-electron chi connectivity index (χ0n) is 13.6.